The molecule has 9 heteroatoms. The van der Waals surface area contributed by atoms with Crippen LogP contribution in [0.5, 0.6) is 11.6 Å². The van der Waals surface area contributed by atoms with E-state index in [1.165, 1.54) is 18.4 Å². The van der Waals surface area contributed by atoms with Crippen LogP contribution in [0.15, 0.2) is 71.5 Å². The highest BCUT2D eigenvalue weighted by molar-refractivity contribution is 6.30. The maximum absolute atomic E-state index is 13.6. The second-order valence-electron chi connectivity index (χ2n) is 9.53. The number of carbonyl (C=O) groups is 1. The van der Waals surface area contributed by atoms with Gasteiger partial charge in [-0.05, 0) is 42.3 Å². The van der Waals surface area contributed by atoms with Gasteiger partial charge in [0.15, 0.2) is 0 Å². The highest BCUT2D eigenvalue weighted by atomic mass is 35.5. The smallest absolute Gasteiger partial charge is 0.339 e. The van der Waals surface area contributed by atoms with Gasteiger partial charge in [0.05, 0.1) is 11.1 Å². The van der Waals surface area contributed by atoms with Gasteiger partial charge in [-0.3, -0.25) is 0 Å². The zero-order valence-corrected chi connectivity index (χ0v) is 22.5. The van der Waals surface area contributed by atoms with Gasteiger partial charge < -0.3 is 24.7 Å². The van der Waals surface area contributed by atoms with Crippen molar-refractivity contribution in [1.29, 1.82) is 0 Å². The first-order chi connectivity index (χ1) is 19.4. The van der Waals surface area contributed by atoms with E-state index in [1.54, 1.807) is 36.5 Å². The predicted octanol–water partition coefficient (Wildman–Crippen LogP) is 7.63. The van der Waals surface area contributed by atoms with Crippen LogP contribution in [0.25, 0.3) is 21.7 Å². The Morgan fingerprint density at radius 1 is 1.15 bits per heavy atom. The second-order valence-corrected chi connectivity index (χ2v) is 9.93. The van der Waals surface area contributed by atoms with Crippen LogP contribution in [0.2, 0.25) is 5.02 Å². The quantitative estimate of drug-likeness (QED) is 0.142. The van der Waals surface area contributed by atoms with Crippen LogP contribution >= 0.6 is 11.6 Å². The SMILES string of the molecule is CCCCCNC(c1ccnc(OCc2ccc(F)c(Cl)c2)c1)c1c(O)c2ccccc2c2occ(C(=O)O)c12. The third-order valence-electron chi connectivity index (χ3n) is 6.85. The van der Waals surface area contributed by atoms with E-state index in [-0.39, 0.29) is 22.9 Å². The van der Waals surface area contributed by atoms with Gasteiger partial charge >= 0.3 is 5.97 Å². The topological polar surface area (TPSA) is 105 Å². The van der Waals surface area contributed by atoms with Crippen LogP contribution in [0.4, 0.5) is 4.39 Å². The van der Waals surface area contributed by atoms with E-state index < -0.39 is 17.8 Å². The number of unbranched alkanes of at least 4 members (excludes halogenated alkanes) is 2. The summed E-state index contributed by atoms with van der Waals surface area (Å²) in [5.74, 6) is -1.39. The molecule has 3 N–H and O–H groups in total. The highest BCUT2D eigenvalue weighted by Crippen LogP contribution is 2.44. The zero-order valence-electron chi connectivity index (χ0n) is 21.8. The van der Waals surface area contributed by atoms with Crippen molar-refractivity contribution < 1.29 is 28.6 Å². The molecule has 0 aliphatic rings. The molecule has 0 spiro atoms. The number of aromatic nitrogens is 1. The number of nitrogens with zero attached hydrogens (tertiary/aromatic N) is 1. The Labute approximate surface area is 235 Å². The number of hydrogen-bond acceptors (Lipinski definition) is 6. The number of carboxylic acid groups (broad SMARTS) is 1. The van der Waals surface area contributed by atoms with E-state index in [0.29, 0.717) is 50.9 Å². The van der Waals surface area contributed by atoms with Crippen LogP contribution in [-0.4, -0.2) is 27.7 Å². The Morgan fingerprint density at radius 3 is 2.70 bits per heavy atom. The highest BCUT2D eigenvalue weighted by Gasteiger charge is 2.28. The fourth-order valence-electron chi connectivity index (χ4n) is 4.89. The Kier molecular flexibility index (Phi) is 8.19. The van der Waals surface area contributed by atoms with Crippen LogP contribution < -0.4 is 10.1 Å². The first-order valence-electron chi connectivity index (χ1n) is 13.0. The van der Waals surface area contributed by atoms with Crippen molar-refractivity contribution in [3.05, 3.63) is 100 Å². The molecule has 5 rings (SSSR count). The first kappa shape index (κ1) is 27.4. The lowest BCUT2D eigenvalue weighted by Crippen LogP contribution is -2.24. The number of rotatable bonds is 11. The number of hydrogen-bond donors (Lipinski definition) is 3. The standard InChI is InChI=1S/C31H28ClFN2O5/c1-2-3-6-12-35-28(19-11-13-34-25(15-19)39-16-18-9-10-24(33)23(32)14-18)27-26-22(31(37)38)17-40-30(26)21-8-5-4-7-20(21)29(27)36/h4-5,7-11,13-15,17,28,35-36H,2-3,6,12,16H2,1H3,(H,37,38). The first-order valence-corrected chi connectivity index (χ1v) is 13.4. The summed E-state index contributed by atoms with van der Waals surface area (Å²) >= 11 is 5.90. The maximum atomic E-state index is 13.6. The van der Waals surface area contributed by atoms with Gasteiger partial charge in [0.25, 0.3) is 0 Å². The van der Waals surface area contributed by atoms with Crippen molar-refractivity contribution in [1.82, 2.24) is 10.3 Å². The molecule has 0 fully saturated rings. The number of phenolic OH excluding ortho intramolecular Hbond substituents is 1. The molecule has 0 aliphatic carbocycles. The zero-order chi connectivity index (χ0) is 28.2. The molecule has 7 nitrogen and oxygen atoms in total. The van der Waals surface area contributed by atoms with Gasteiger partial charge in [-0.2, -0.15) is 0 Å². The Bertz CT molecular complexity index is 1690. The molecule has 0 aliphatic heterocycles. The number of fused-ring (bicyclic) bond motifs is 3. The van der Waals surface area contributed by atoms with Crippen molar-refractivity contribution in [2.45, 2.75) is 38.8 Å². The van der Waals surface area contributed by atoms with E-state index >= 15 is 0 Å². The summed E-state index contributed by atoms with van der Waals surface area (Å²) in [5.41, 5.74) is 2.14. The largest absolute Gasteiger partial charge is 0.507 e. The minimum atomic E-state index is -1.16. The fourth-order valence-corrected chi connectivity index (χ4v) is 5.09. The summed E-state index contributed by atoms with van der Waals surface area (Å²) in [5, 5.41) is 26.6. The lowest BCUT2D eigenvalue weighted by molar-refractivity contribution is 0.0698. The van der Waals surface area contributed by atoms with Crippen molar-refractivity contribution in [2.75, 3.05) is 6.54 Å². The Hall–Kier alpha value is -4.14. The van der Waals surface area contributed by atoms with Crippen LogP contribution in [0.3, 0.4) is 0 Å². The number of aromatic hydroxyl groups is 1. The molecular formula is C31H28ClFN2O5. The molecule has 5 aromatic rings. The number of phenols is 1. The van der Waals surface area contributed by atoms with Crippen molar-refractivity contribution >= 4 is 39.3 Å². The average molecular weight is 563 g/mol. The van der Waals surface area contributed by atoms with Gasteiger partial charge in [0.1, 0.15) is 35.6 Å². The summed E-state index contributed by atoms with van der Waals surface area (Å²) < 4.78 is 25.2. The molecule has 2 aromatic heterocycles. The Balaban J connectivity index is 1.61. The normalized spacial score (nSPS) is 12.2. The fraction of sp³-hybridized carbons (Fsp3) is 0.226. The molecule has 0 bridgehead atoms. The van der Waals surface area contributed by atoms with E-state index in [4.69, 9.17) is 20.8 Å². The van der Waals surface area contributed by atoms with E-state index in [2.05, 4.69) is 17.2 Å². The van der Waals surface area contributed by atoms with Gasteiger partial charge in [-0.15, -0.1) is 0 Å². The molecule has 3 aromatic carbocycles. The van der Waals surface area contributed by atoms with Crippen LogP contribution in [-0.2, 0) is 6.61 Å². The van der Waals surface area contributed by atoms with Crippen molar-refractivity contribution in [3.8, 4) is 11.6 Å². The average Bonchev–Trinajstić information content (AvgIpc) is 3.41. The molecule has 2 heterocycles. The minimum Gasteiger partial charge on any atom is -0.507 e. The van der Waals surface area contributed by atoms with Gasteiger partial charge in [0, 0.05) is 34.0 Å². The molecule has 1 atom stereocenters. The maximum Gasteiger partial charge on any atom is 0.339 e. The lowest BCUT2D eigenvalue weighted by atomic mass is 9.90. The van der Waals surface area contributed by atoms with E-state index in [1.807, 2.05) is 12.1 Å². The molecular weight excluding hydrogens is 535 g/mol. The molecule has 0 amide bonds. The number of furan rings is 1. The van der Waals surface area contributed by atoms with Gasteiger partial charge in [-0.1, -0.05) is 61.7 Å². The summed E-state index contributed by atoms with van der Waals surface area (Å²) in [4.78, 5) is 16.5. The van der Waals surface area contributed by atoms with Crippen LogP contribution in [0.1, 0.15) is 59.3 Å². The third kappa shape index (κ3) is 5.46. The molecule has 206 valence electrons. The number of benzene rings is 3. The second kappa shape index (κ2) is 11.9. The predicted molar refractivity (Wildman–Crippen MR) is 152 cm³/mol. The summed E-state index contributed by atoms with van der Waals surface area (Å²) in [6.07, 6.45) is 5.73. The molecule has 0 saturated heterocycles. The molecule has 0 radical (unpaired) electrons. The van der Waals surface area contributed by atoms with E-state index in [9.17, 15) is 19.4 Å². The third-order valence-corrected chi connectivity index (χ3v) is 7.14. The van der Waals surface area contributed by atoms with E-state index in [0.717, 1.165) is 19.3 Å². The number of pyridine rings is 1. The van der Waals surface area contributed by atoms with Crippen molar-refractivity contribution in [3.63, 3.8) is 0 Å². The number of ether oxygens (including phenoxy) is 1. The lowest BCUT2D eigenvalue weighted by Gasteiger charge is -2.23. The monoisotopic (exact) mass is 562 g/mol. The van der Waals surface area contributed by atoms with Crippen molar-refractivity contribution in [2.24, 2.45) is 0 Å². The minimum absolute atomic E-state index is 0.00398. The van der Waals surface area contributed by atoms with Crippen LogP contribution in [0, 0.1) is 5.82 Å². The summed E-state index contributed by atoms with van der Waals surface area (Å²) in [6, 6.07) is 14.5. The summed E-state index contributed by atoms with van der Waals surface area (Å²) in [7, 11) is 0. The molecule has 1 unspecified atom stereocenters. The number of carboxylic acids is 1. The Morgan fingerprint density at radius 2 is 1.95 bits per heavy atom. The summed E-state index contributed by atoms with van der Waals surface area (Å²) in [6.45, 7) is 2.85. The number of aromatic carboxylic acids is 1. The van der Waals surface area contributed by atoms with Gasteiger partial charge in [-0.25, -0.2) is 14.2 Å². The number of halogens is 2. The van der Waals surface area contributed by atoms with Gasteiger partial charge in [0.2, 0.25) is 5.88 Å². The molecule has 40 heavy (non-hydrogen) atoms. The molecule has 0 saturated carbocycles. The number of nitrogens with one attached hydrogen (secondary N) is 1.